The molecular weight excluding hydrogens is 258 g/mol. The second-order valence-corrected chi connectivity index (χ2v) is 6.49. The van der Waals surface area contributed by atoms with Gasteiger partial charge in [-0.15, -0.1) is 0 Å². The Kier molecular flexibility index (Phi) is 6.25. The molecule has 21 heavy (non-hydrogen) atoms. The van der Waals surface area contributed by atoms with E-state index in [-0.39, 0.29) is 6.10 Å². The highest BCUT2D eigenvalue weighted by Gasteiger charge is 2.31. The van der Waals surface area contributed by atoms with Crippen LogP contribution in [0, 0.1) is 19.8 Å². The lowest BCUT2D eigenvalue weighted by molar-refractivity contribution is 0.00777. The smallest absolute Gasteiger partial charge is 0.0794 e. The van der Waals surface area contributed by atoms with Gasteiger partial charge in [0.2, 0.25) is 0 Å². The first-order valence-electron chi connectivity index (χ1n) is 8.50. The highest BCUT2D eigenvalue weighted by molar-refractivity contribution is 5.33. The highest BCUT2D eigenvalue weighted by atomic mass is 16.5. The Balaban J connectivity index is 2.26. The molecule has 2 atom stereocenters. The average molecular weight is 289 g/mol. The zero-order valence-electron chi connectivity index (χ0n) is 14.1. The molecule has 2 heteroatoms. The van der Waals surface area contributed by atoms with E-state index < -0.39 is 0 Å². The minimum atomic E-state index is 0.284. The molecule has 0 amide bonds. The molecule has 2 unspecified atom stereocenters. The van der Waals surface area contributed by atoms with Gasteiger partial charge in [0.1, 0.15) is 0 Å². The van der Waals surface area contributed by atoms with Gasteiger partial charge in [-0.25, -0.2) is 0 Å². The minimum Gasteiger partial charge on any atom is -0.379 e. The van der Waals surface area contributed by atoms with Gasteiger partial charge in [-0.05, 0) is 50.3 Å². The molecule has 1 aliphatic rings. The zero-order chi connectivity index (χ0) is 15.2. The summed E-state index contributed by atoms with van der Waals surface area (Å²) in [6.45, 7) is 7.54. The molecule has 0 aromatic heterocycles. The summed E-state index contributed by atoms with van der Waals surface area (Å²) in [5, 5.41) is 3.68. The molecule has 0 spiro atoms. The number of aryl methyl sites for hydroxylation is 2. The molecule has 118 valence electrons. The summed E-state index contributed by atoms with van der Waals surface area (Å²) < 4.78 is 5.98. The van der Waals surface area contributed by atoms with Gasteiger partial charge in [0, 0.05) is 7.11 Å². The van der Waals surface area contributed by atoms with Crippen molar-refractivity contribution < 1.29 is 4.74 Å². The summed E-state index contributed by atoms with van der Waals surface area (Å²) >= 11 is 0. The van der Waals surface area contributed by atoms with E-state index in [2.05, 4.69) is 44.3 Å². The third-order valence-corrected chi connectivity index (χ3v) is 4.90. The van der Waals surface area contributed by atoms with Crippen LogP contribution < -0.4 is 5.32 Å². The van der Waals surface area contributed by atoms with Gasteiger partial charge in [0.25, 0.3) is 0 Å². The predicted octanol–water partition coefficient (Wildman–Crippen LogP) is 4.55. The van der Waals surface area contributed by atoms with E-state index in [1.165, 1.54) is 48.8 Å². The molecule has 0 bridgehead atoms. The maximum absolute atomic E-state index is 5.98. The van der Waals surface area contributed by atoms with Crippen molar-refractivity contribution in [2.24, 2.45) is 5.92 Å². The largest absolute Gasteiger partial charge is 0.379 e. The van der Waals surface area contributed by atoms with Gasteiger partial charge < -0.3 is 10.1 Å². The van der Waals surface area contributed by atoms with Crippen molar-refractivity contribution in [1.29, 1.82) is 0 Å². The fraction of sp³-hybridized carbons (Fsp3) is 0.684. The SMILES string of the molecule is CCNC(c1ccc(C)cc1C)C(OC)C1CCCCC1. The van der Waals surface area contributed by atoms with Crippen LogP contribution in [0.4, 0.5) is 0 Å². The molecule has 0 saturated heterocycles. The summed E-state index contributed by atoms with van der Waals surface area (Å²) in [7, 11) is 1.88. The van der Waals surface area contributed by atoms with Crippen molar-refractivity contribution in [3.05, 3.63) is 34.9 Å². The van der Waals surface area contributed by atoms with Crippen LogP contribution in [0.15, 0.2) is 18.2 Å². The van der Waals surface area contributed by atoms with Crippen molar-refractivity contribution in [3.8, 4) is 0 Å². The Morgan fingerprint density at radius 1 is 1.19 bits per heavy atom. The van der Waals surface area contributed by atoms with Gasteiger partial charge in [-0.3, -0.25) is 0 Å². The standard InChI is InChI=1S/C19H31NO/c1-5-20-18(17-12-11-14(2)13-15(17)3)19(21-4)16-9-7-6-8-10-16/h11-13,16,18-20H,5-10H2,1-4H3. The van der Waals surface area contributed by atoms with Gasteiger partial charge >= 0.3 is 0 Å². The molecular formula is C19H31NO. The Hall–Kier alpha value is -0.860. The molecule has 0 heterocycles. The first-order chi connectivity index (χ1) is 10.2. The van der Waals surface area contributed by atoms with Crippen LogP contribution in [0.25, 0.3) is 0 Å². The van der Waals surface area contributed by atoms with E-state index in [1.807, 2.05) is 7.11 Å². The molecule has 1 aliphatic carbocycles. The fourth-order valence-electron chi connectivity index (χ4n) is 3.86. The van der Waals surface area contributed by atoms with E-state index in [1.54, 1.807) is 0 Å². The number of likely N-dealkylation sites (N-methyl/N-ethyl adjacent to an activating group) is 1. The molecule has 0 aliphatic heterocycles. The number of hydrogen-bond donors (Lipinski definition) is 1. The maximum Gasteiger partial charge on any atom is 0.0794 e. The molecule has 1 fully saturated rings. The molecule has 2 rings (SSSR count). The van der Waals surface area contributed by atoms with E-state index in [0.29, 0.717) is 12.0 Å². The second kappa shape index (κ2) is 7.95. The van der Waals surface area contributed by atoms with Crippen LogP contribution in [-0.4, -0.2) is 19.8 Å². The summed E-state index contributed by atoms with van der Waals surface area (Å²) in [6.07, 6.45) is 7.01. The van der Waals surface area contributed by atoms with Crippen LogP contribution >= 0.6 is 0 Å². The quantitative estimate of drug-likeness (QED) is 0.829. The fourth-order valence-corrected chi connectivity index (χ4v) is 3.86. The van der Waals surface area contributed by atoms with Crippen molar-refractivity contribution in [2.75, 3.05) is 13.7 Å². The Morgan fingerprint density at radius 2 is 1.90 bits per heavy atom. The Bertz CT molecular complexity index is 437. The summed E-state index contributed by atoms with van der Waals surface area (Å²) in [6, 6.07) is 7.10. The molecule has 1 aromatic carbocycles. The lowest BCUT2D eigenvalue weighted by Gasteiger charge is -2.36. The van der Waals surface area contributed by atoms with Crippen LogP contribution in [0.2, 0.25) is 0 Å². The summed E-state index contributed by atoms with van der Waals surface area (Å²) in [5.74, 6) is 0.688. The lowest BCUT2D eigenvalue weighted by atomic mass is 9.80. The van der Waals surface area contributed by atoms with Crippen LogP contribution in [0.5, 0.6) is 0 Å². The minimum absolute atomic E-state index is 0.284. The number of methoxy groups -OCH3 is 1. The van der Waals surface area contributed by atoms with Crippen molar-refractivity contribution in [2.45, 2.75) is 65.0 Å². The highest BCUT2D eigenvalue weighted by Crippen LogP contribution is 2.35. The number of nitrogens with one attached hydrogen (secondary N) is 1. The second-order valence-electron chi connectivity index (χ2n) is 6.49. The van der Waals surface area contributed by atoms with Gasteiger partial charge in [-0.1, -0.05) is 49.9 Å². The summed E-state index contributed by atoms with van der Waals surface area (Å²) in [5.41, 5.74) is 4.11. The maximum atomic E-state index is 5.98. The monoisotopic (exact) mass is 289 g/mol. The first-order valence-corrected chi connectivity index (χ1v) is 8.50. The van der Waals surface area contributed by atoms with Gasteiger partial charge in [0.05, 0.1) is 12.1 Å². The van der Waals surface area contributed by atoms with E-state index in [4.69, 9.17) is 4.74 Å². The van der Waals surface area contributed by atoms with E-state index in [9.17, 15) is 0 Å². The van der Waals surface area contributed by atoms with Crippen LogP contribution in [-0.2, 0) is 4.74 Å². The molecule has 2 nitrogen and oxygen atoms in total. The van der Waals surface area contributed by atoms with Crippen LogP contribution in [0.3, 0.4) is 0 Å². The predicted molar refractivity (Wildman–Crippen MR) is 89.7 cm³/mol. The first kappa shape index (κ1) is 16.5. The molecule has 1 saturated carbocycles. The number of hydrogen-bond acceptors (Lipinski definition) is 2. The third kappa shape index (κ3) is 4.08. The third-order valence-electron chi connectivity index (χ3n) is 4.90. The lowest BCUT2D eigenvalue weighted by Crippen LogP contribution is -2.39. The van der Waals surface area contributed by atoms with Gasteiger partial charge in [0.15, 0.2) is 0 Å². The van der Waals surface area contributed by atoms with Crippen molar-refractivity contribution >= 4 is 0 Å². The van der Waals surface area contributed by atoms with Crippen LogP contribution in [0.1, 0.15) is 61.8 Å². The number of rotatable bonds is 6. The Morgan fingerprint density at radius 3 is 2.48 bits per heavy atom. The van der Waals surface area contributed by atoms with Gasteiger partial charge in [-0.2, -0.15) is 0 Å². The molecule has 1 N–H and O–H groups in total. The Labute approximate surface area is 130 Å². The number of ether oxygens (including phenoxy) is 1. The average Bonchev–Trinajstić information content (AvgIpc) is 2.48. The topological polar surface area (TPSA) is 21.3 Å². The summed E-state index contributed by atoms with van der Waals surface area (Å²) in [4.78, 5) is 0. The molecule has 0 radical (unpaired) electrons. The zero-order valence-corrected chi connectivity index (χ0v) is 14.1. The normalized spacial score (nSPS) is 19.4. The van der Waals surface area contributed by atoms with E-state index >= 15 is 0 Å². The molecule has 1 aromatic rings. The van der Waals surface area contributed by atoms with Crippen molar-refractivity contribution in [3.63, 3.8) is 0 Å². The van der Waals surface area contributed by atoms with Crippen molar-refractivity contribution in [1.82, 2.24) is 5.32 Å². The number of benzene rings is 1. The van der Waals surface area contributed by atoms with E-state index in [0.717, 1.165) is 6.54 Å².